The highest BCUT2D eigenvalue weighted by atomic mass is 32.1. The van der Waals surface area contributed by atoms with Crippen LogP contribution in [0.2, 0.25) is 0 Å². The maximum absolute atomic E-state index is 12.6. The molecule has 1 aliphatic carbocycles. The Hall–Kier alpha value is -2.54. The van der Waals surface area contributed by atoms with E-state index in [1.54, 1.807) is 30.4 Å². The van der Waals surface area contributed by atoms with Crippen LogP contribution in [0.1, 0.15) is 47.0 Å². The molecule has 3 aromatic rings. The lowest BCUT2D eigenvalue weighted by molar-refractivity contribution is -0.122. The molecule has 26 heavy (non-hydrogen) atoms. The van der Waals surface area contributed by atoms with Gasteiger partial charge >= 0.3 is 0 Å². The standard InChI is InChI=1S/C19H20N4O2S/c1-11(17-12-6-2-3-7-13(12)19(25)23-22-17)18(24)20-10-16-21-14-8-4-5-9-15(14)26-16/h2-3,6-7,11H,4-5,8-10H2,1H3,(H,20,24)(H,23,25)/t11-/m1/s1. The second-order valence-electron chi connectivity index (χ2n) is 6.61. The summed E-state index contributed by atoms with van der Waals surface area (Å²) in [6, 6.07) is 7.21. The maximum atomic E-state index is 12.6. The molecule has 6 nitrogen and oxygen atoms in total. The molecule has 4 rings (SSSR count). The van der Waals surface area contributed by atoms with Gasteiger partial charge in [-0.25, -0.2) is 10.1 Å². The molecule has 0 fully saturated rings. The Bertz CT molecular complexity index is 1000. The van der Waals surface area contributed by atoms with Crippen LogP contribution < -0.4 is 10.9 Å². The van der Waals surface area contributed by atoms with Crippen LogP contribution in [-0.4, -0.2) is 21.1 Å². The number of aryl methyl sites for hydroxylation is 2. The molecule has 1 aromatic carbocycles. The van der Waals surface area contributed by atoms with Crippen molar-refractivity contribution in [2.24, 2.45) is 0 Å². The molecule has 0 aliphatic heterocycles. The molecule has 7 heteroatoms. The van der Waals surface area contributed by atoms with Crippen LogP contribution >= 0.6 is 11.3 Å². The monoisotopic (exact) mass is 368 g/mol. The zero-order chi connectivity index (χ0) is 18.1. The van der Waals surface area contributed by atoms with Gasteiger partial charge in [-0.2, -0.15) is 5.10 Å². The Morgan fingerprint density at radius 1 is 1.27 bits per heavy atom. The van der Waals surface area contributed by atoms with E-state index in [1.165, 1.54) is 23.4 Å². The summed E-state index contributed by atoms with van der Waals surface area (Å²) in [7, 11) is 0. The molecule has 0 saturated heterocycles. The summed E-state index contributed by atoms with van der Waals surface area (Å²) in [5.74, 6) is -0.589. The quantitative estimate of drug-likeness (QED) is 0.741. The van der Waals surface area contributed by atoms with Crippen molar-refractivity contribution < 1.29 is 4.79 Å². The van der Waals surface area contributed by atoms with E-state index >= 15 is 0 Å². The molecule has 2 N–H and O–H groups in total. The highest BCUT2D eigenvalue weighted by molar-refractivity contribution is 7.11. The molecule has 0 unspecified atom stereocenters. The molecule has 0 bridgehead atoms. The number of aromatic amines is 1. The second-order valence-corrected chi connectivity index (χ2v) is 7.78. The molecule has 0 radical (unpaired) electrons. The lowest BCUT2D eigenvalue weighted by Crippen LogP contribution is -2.29. The zero-order valence-corrected chi connectivity index (χ0v) is 15.4. The largest absolute Gasteiger partial charge is 0.349 e. The van der Waals surface area contributed by atoms with Crippen LogP contribution in [0.25, 0.3) is 10.8 Å². The highest BCUT2D eigenvalue weighted by Crippen LogP contribution is 2.27. The fourth-order valence-electron chi connectivity index (χ4n) is 3.39. The number of carbonyl (C=O) groups is 1. The molecule has 1 atom stereocenters. The smallest absolute Gasteiger partial charge is 0.272 e. The highest BCUT2D eigenvalue weighted by Gasteiger charge is 2.21. The van der Waals surface area contributed by atoms with Gasteiger partial charge in [-0.05, 0) is 38.7 Å². The van der Waals surface area contributed by atoms with Gasteiger partial charge < -0.3 is 5.32 Å². The fourth-order valence-corrected chi connectivity index (χ4v) is 4.48. The number of carbonyl (C=O) groups excluding carboxylic acids is 1. The van der Waals surface area contributed by atoms with Crippen molar-refractivity contribution >= 4 is 28.0 Å². The van der Waals surface area contributed by atoms with Crippen molar-refractivity contribution in [3.05, 3.63) is 55.9 Å². The van der Waals surface area contributed by atoms with Crippen molar-refractivity contribution in [3.63, 3.8) is 0 Å². The second kappa shape index (κ2) is 6.99. The maximum Gasteiger partial charge on any atom is 0.272 e. The number of thiazole rings is 1. The molecule has 2 heterocycles. The topological polar surface area (TPSA) is 87.7 Å². The fraction of sp³-hybridized carbons (Fsp3) is 0.368. The third-order valence-electron chi connectivity index (χ3n) is 4.83. The average Bonchev–Trinajstić information content (AvgIpc) is 3.09. The summed E-state index contributed by atoms with van der Waals surface area (Å²) in [5, 5.41) is 11.8. The van der Waals surface area contributed by atoms with Crippen molar-refractivity contribution in [2.75, 3.05) is 0 Å². The predicted octanol–water partition coefficient (Wildman–Crippen LogP) is 2.68. The molecule has 134 valence electrons. The SMILES string of the molecule is C[C@@H](C(=O)NCc1nc2c(s1)CCCC2)c1n[nH]c(=O)c2ccccc12. The number of nitrogens with zero attached hydrogens (tertiary/aromatic N) is 2. The Morgan fingerprint density at radius 2 is 2.04 bits per heavy atom. The molecule has 2 aromatic heterocycles. The van der Waals surface area contributed by atoms with Gasteiger partial charge in [0.1, 0.15) is 5.01 Å². The first-order valence-electron chi connectivity index (χ1n) is 8.86. The van der Waals surface area contributed by atoms with Gasteiger partial charge in [0, 0.05) is 10.3 Å². The summed E-state index contributed by atoms with van der Waals surface area (Å²) in [5.41, 5.74) is 1.54. The van der Waals surface area contributed by atoms with E-state index in [-0.39, 0.29) is 11.5 Å². The minimum atomic E-state index is -0.466. The number of hydrogen-bond acceptors (Lipinski definition) is 5. The Kier molecular flexibility index (Phi) is 4.55. The first kappa shape index (κ1) is 16.9. The van der Waals surface area contributed by atoms with E-state index in [0.717, 1.165) is 17.8 Å². The lowest BCUT2D eigenvalue weighted by atomic mass is 10.0. The van der Waals surface area contributed by atoms with Gasteiger partial charge in [0.15, 0.2) is 0 Å². The van der Waals surface area contributed by atoms with Gasteiger partial charge in [-0.15, -0.1) is 11.3 Å². The molecule has 0 spiro atoms. The summed E-state index contributed by atoms with van der Waals surface area (Å²) in [4.78, 5) is 30.5. The summed E-state index contributed by atoms with van der Waals surface area (Å²) < 4.78 is 0. The van der Waals surface area contributed by atoms with Crippen molar-refractivity contribution in [3.8, 4) is 0 Å². The van der Waals surface area contributed by atoms with E-state index in [0.29, 0.717) is 23.0 Å². The average molecular weight is 368 g/mol. The normalized spacial score (nSPS) is 14.8. The molecule has 0 saturated carbocycles. The minimum Gasteiger partial charge on any atom is -0.349 e. The summed E-state index contributed by atoms with van der Waals surface area (Å²) in [6.45, 7) is 2.23. The third kappa shape index (κ3) is 3.14. The number of rotatable bonds is 4. The van der Waals surface area contributed by atoms with Crippen molar-refractivity contribution in [1.82, 2.24) is 20.5 Å². The van der Waals surface area contributed by atoms with Crippen LogP contribution in [0.4, 0.5) is 0 Å². The van der Waals surface area contributed by atoms with Gasteiger partial charge in [-0.3, -0.25) is 9.59 Å². The van der Waals surface area contributed by atoms with E-state index in [9.17, 15) is 9.59 Å². The van der Waals surface area contributed by atoms with Gasteiger partial charge in [0.05, 0.1) is 29.2 Å². The van der Waals surface area contributed by atoms with Crippen LogP contribution in [0.15, 0.2) is 29.1 Å². The van der Waals surface area contributed by atoms with E-state index in [4.69, 9.17) is 0 Å². The molecular weight excluding hydrogens is 348 g/mol. The van der Waals surface area contributed by atoms with Crippen molar-refractivity contribution in [2.45, 2.75) is 45.1 Å². The summed E-state index contributed by atoms with van der Waals surface area (Å²) >= 11 is 1.70. The Balaban J connectivity index is 1.51. The molecule has 1 amide bonds. The lowest BCUT2D eigenvalue weighted by Gasteiger charge is -2.12. The number of H-pyrrole nitrogens is 1. The molecule has 1 aliphatic rings. The van der Waals surface area contributed by atoms with Crippen LogP contribution in [0, 0.1) is 0 Å². The van der Waals surface area contributed by atoms with E-state index in [2.05, 4.69) is 20.5 Å². The van der Waals surface area contributed by atoms with E-state index in [1.807, 2.05) is 12.1 Å². The predicted molar refractivity (Wildman–Crippen MR) is 101 cm³/mol. The van der Waals surface area contributed by atoms with Crippen LogP contribution in [0.3, 0.4) is 0 Å². The molecular formula is C19H20N4O2S. The summed E-state index contributed by atoms with van der Waals surface area (Å²) in [6.07, 6.45) is 4.57. The number of aromatic nitrogens is 3. The zero-order valence-electron chi connectivity index (χ0n) is 14.5. The van der Waals surface area contributed by atoms with E-state index < -0.39 is 5.92 Å². The number of amides is 1. The number of benzene rings is 1. The first-order chi connectivity index (χ1) is 12.6. The van der Waals surface area contributed by atoms with Crippen molar-refractivity contribution in [1.29, 1.82) is 0 Å². The third-order valence-corrected chi connectivity index (χ3v) is 5.99. The Morgan fingerprint density at radius 3 is 2.85 bits per heavy atom. The van der Waals surface area contributed by atoms with Crippen LogP contribution in [0.5, 0.6) is 0 Å². The minimum absolute atomic E-state index is 0.122. The Labute approximate surface area is 154 Å². The first-order valence-corrected chi connectivity index (χ1v) is 9.67. The van der Waals surface area contributed by atoms with Gasteiger partial charge in [0.25, 0.3) is 5.56 Å². The van der Waals surface area contributed by atoms with Gasteiger partial charge in [0.2, 0.25) is 5.91 Å². The number of nitrogens with one attached hydrogen (secondary N) is 2. The van der Waals surface area contributed by atoms with Crippen LogP contribution in [-0.2, 0) is 24.2 Å². The number of fused-ring (bicyclic) bond motifs is 2. The van der Waals surface area contributed by atoms with Gasteiger partial charge in [-0.1, -0.05) is 18.2 Å². The number of hydrogen-bond donors (Lipinski definition) is 2.